The minimum atomic E-state index is 0.431. The number of rotatable bonds is 8. The highest BCUT2D eigenvalue weighted by Crippen LogP contribution is 2.48. The normalized spacial score (nSPS) is 19.2. The molecule has 0 radical (unpaired) electrons. The molecule has 0 aromatic heterocycles. The SMILES string of the molecule is Cc1ccccc1[C@H](CC(=O)C[C@@H](c1ccccc1C)C1CC1)C1CC1. The third kappa shape index (κ3) is 3.92. The predicted molar refractivity (Wildman–Crippen MR) is 108 cm³/mol. The summed E-state index contributed by atoms with van der Waals surface area (Å²) < 4.78 is 0. The molecule has 0 amide bonds. The maximum atomic E-state index is 13.1. The van der Waals surface area contributed by atoms with Gasteiger partial charge in [-0.25, -0.2) is 0 Å². The van der Waals surface area contributed by atoms with Crippen molar-refractivity contribution in [2.45, 2.75) is 64.2 Å². The maximum Gasteiger partial charge on any atom is 0.134 e. The van der Waals surface area contributed by atoms with Crippen molar-refractivity contribution in [2.24, 2.45) is 11.8 Å². The fourth-order valence-electron chi connectivity index (χ4n) is 4.64. The molecule has 4 rings (SSSR count). The number of carbonyl (C=O) groups is 1. The Balaban J connectivity index is 1.50. The molecule has 0 bridgehead atoms. The zero-order valence-corrected chi connectivity index (χ0v) is 16.1. The van der Waals surface area contributed by atoms with Gasteiger partial charge in [-0.05, 0) is 85.5 Å². The van der Waals surface area contributed by atoms with Crippen LogP contribution in [0.15, 0.2) is 48.5 Å². The van der Waals surface area contributed by atoms with Gasteiger partial charge < -0.3 is 0 Å². The smallest absolute Gasteiger partial charge is 0.134 e. The van der Waals surface area contributed by atoms with Crippen LogP contribution >= 0.6 is 0 Å². The van der Waals surface area contributed by atoms with E-state index < -0.39 is 0 Å². The van der Waals surface area contributed by atoms with Crippen LogP contribution in [-0.2, 0) is 4.79 Å². The van der Waals surface area contributed by atoms with Crippen molar-refractivity contribution in [2.75, 3.05) is 0 Å². The standard InChI is InChI=1S/C25H30O/c1-17-7-3-5-9-22(17)24(19-11-12-19)15-21(26)16-25(20-13-14-20)23-10-6-4-8-18(23)2/h3-10,19-20,24-25H,11-16H2,1-2H3/t24-,25-/m1/s1. The van der Waals surface area contributed by atoms with Crippen LogP contribution in [0, 0.1) is 25.7 Å². The fraction of sp³-hybridized carbons (Fsp3) is 0.480. The lowest BCUT2D eigenvalue weighted by molar-refractivity contribution is -0.120. The van der Waals surface area contributed by atoms with Crippen LogP contribution in [0.5, 0.6) is 0 Å². The lowest BCUT2D eigenvalue weighted by Crippen LogP contribution is -2.15. The lowest BCUT2D eigenvalue weighted by atomic mass is 9.82. The van der Waals surface area contributed by atoms with Crippen LogP contribution < -0.4 is 0 Å². The van der Waals surface area contributed by atoms with Crippen molar-refractivity contribution in [3.05, 3.63) is 70.8 Å². The van der Waals surface area contributed by atoms with Gasteiger partial charge in [0.15, 0.2) is 0 Å². The van der Waals surface area contributed by atoms with Gasteiger partial charge in [0.2, 0.25) is 0 Å². The van der Waals surface area contributed by atoms with Gasteiger partial charge in [0.05, 0.1) is 0 Å². The molecule has 2 aliphatic carbocycles. The van der Waals surface area contributed by atoms with Gasteiger partial charge >= 0.3 is 0 Å². The average Bonchev–Trinajstić information content (AvgIpc) is 3.52. The van der Waals surface area contributed by atoms with Crippen molar-refractivity contribution in [3.63, 3.8) is 0 Å². The summed E-state index contributed by atoms with van der Waals surface area (Å²) in [5.74, 6) is 2.77. The molecule has 2 fully saturated rings. The third-order valence-electron chi connectivity index (χ3n) is 6.45. The number of Topliss-reactive ketones (excluding diaryl/α,β-unsaturated/α-hetero) is 1. The molecule has 2 aliphatic rings. The highest BCUT2D eigenvalue weighted by atomic mass is 16.1. The zero-order chi connectivity index (χ0) is 18.1. The number of aryl methyl sites for hydroxylation is 2. The second-order valence-electron chi connectivity index (χ2n) is 8.55. The van der Waals surface area contributed by atoms with Gasteiger partial charge in [-0.2, -0.15) is 0 Å². The molecular formula is C25H30O. The van der Waals surface area contributed by atoms with E-state index in [2.05, 4.69) is 62.4 Å². The molecule has 0 spiro atoms. The summed E-state index contributed by atoms with van der Waals surface area (Å²) in [6, 6.07) is 17.3. The molecule has 26 heavy (non-hydrogen) atoms. The largest absolute Gasteiger partial charge is 0.300 e. The number of benzene rings is 2. The summed E-state index contributed by atoms with van der Waals surface area (Å²) in [6.07, 6.45) is 6.60. The highest BCUT2D eigenvalue weighted by Gasteiger charge is 2.37. The summed E-state index contributed by atoms with van der Waals surface area (Å²) in [6.45, 7) is 4.38. The molecule has 136 valence electrons. The van der Waals surface area contributed by atoms with E-state index in [0.29, 0.717) is 17.6 Å². The van der Waals surface area contributed by atoms with Crippen LogP contribution in [0.25, 0.3) is 0 Å². The molecular weight excluding hydrogens is 316 g/mol. The van der Waals surface area contributed by atoms with E-state index >= 15 is 0 Å². The molecule has 0 saturated heterocycles. The molecule has 0 heterocycles. The number of carbonyl (C=O) groups excluding carboxylic acids is 1. The minimum Gasteiger partial charge on any atom is -0.300 e. The van der Waals surface area contributed by atoms with Crippen molar-refractivity contribution < 1.29 is 4.79 Å². The Morgan fingerprint density at radius 2 is 1.15 bits per heavy atom. The van der Waals surface area contributed by atoms with Crippen LogP contribution in [0.3, 0.4) is 0 Å². The van der Waals surface area contributed by atoms with Gasteiger partial charge in [0, 0.05) is 12.8 Å². The van der Waals surface area contributed by atoms with Gasteiger partial charge in [0.25, 0.3) is 0 Å². The van der Waals surface area contributed by atoms with Gasteiger partial charge in [-0.1, -0.05) is 48.5 Å². The molecule has 0 N–H and O–H groups in total. The maximum absolute atomic E-state index is 13.1. The number of hydrogen-bond acceptors (Lipinski definition) is 1. The zero-order valence-electron chi connectivity index (χ0n) is 16.1. The quantitative estimate of drug-likeness (QED) is 0.545. The Morgan fingerprint density at radius 3 is 1.50 bits per heavy atom. The van der Waals surface area contributed by atoms with Crippen molar-refractivity contribution >= 4 is 5.78 Å². The first-order valence-corrected chi connectivity index (χ1v) is 10.3. The summed E-state index contributed by atoms with van der Waals surface area (Å²) in [7, 11) is 0. The summed E-state index contributed by atoms with van der Waals surface area (Å²) in [5, 5.41) is 0. The first-order valence-electron chi connectivity index (χ1n) is 10.3. The molecule has 2 aromatic carbocycles. The summed E-state index contributed by atoms with van der Waals surface area (Å²) in [4.78, 5) is 13.1. The van der Waals surface area contributed by atoms with E-state index in [0.717, 1.165) is 24.7 Å². The second kappa shape index (κ2) is 7.39. The van der Waals surface area contributed by atoms with Crippen LogP contribution in [-0.4, -0.2) is 5.78 Å². The second-order valence-corrected chi connectivity index (χ2v) is 8.55. The fourth-order valence-corrected chi connectivity index (χ4v) is 4.64. The van der Waals surface area contributed by atoms with Crippen LogP contribution in [0.4, 0.5) is 0 Å². The molecule has 1 heteroatoms. The van der Waals surface area contributed by atoms with Gasteiger partial charge in [-0.3, -0.25) is 4.79 Å². The lowest BCUT2D eigenvalue weighted by Gasteiger charge is -2.22. The average molecular weight is 347 g/mol. The third-order valence-corrected chi connectivity index (χ3v) is 6.45. The first kappa shape index (κ1) is 17.5. The predicted octanol–water partition coefficient (Wildman–Crippen LogP) is 6.34. The topological polar surface area (TPSA) is 17.1 Å². The van der Waals surface area contributed by atoms with Gasteiger partial charge in [0.1, 0.15) is 5.78 Å². The Kier molecular flexibility index (Phi) is 4.98. The minimum absolute atomic E-state index is 0.431. The molecule has 0 unspecified atom stereocenters. The Hall–Kier alpha value is -1.89. The van der Waals surface area contributed by atoms with E-state index in [9.17, 15) is 4.79 Å². The highest BCUT2D eigenvalue weighted by molar-refractivity contribution is 5.80. The van der Waals surface area contributed by atoms with E-state index in [1.807, 2.05) is 0 Å². The Bertz CT molecular complexity index is 717. The van der Waals surface area contributed by atoms with Gasteiger partial charge in [-0.15, -0.1) is 0 Å². The molecule has 2 aromatic rings. The van der Waals surface area contributed by atoms with Crippen molar-refractivity contribution in [1.29, 1.82) is 0 Å². The first-order chi connectivity index (χ1) is 12.6. The van der Waals surface area contributed by atoms with E-state index in [1.54, 1.807) is 0 Å². The van der Waals surface area contributed by atoms with E-state index in [1.165, 1.54) is 47.9 Å². The van der Waals surface area contributed by atoms with E-state index in [-0.39, 0.29) is 0 Å². The Labute approximate surface area is 157 Å². The molecule has 1 nitrogen and oxygen atoms in total. The molecule has 2 saturated carbocycles. The van der Waals surface area contributed by atoms with Crippen LogP contribution in [0.1, 0.15) is 72.6 Å². The number of ketones is 1. The summed E-state index contributed by atoms with van der Waals surface area (Å²) >= 11 is 0. The Morgan fingerprint density at radius 1 is 0.769 bits per heavy atom. The van der Waals surface area contributed by atoms with Crippen molar-refractivity contribution in [1.82, 2.24) is 0 Å². The summed E-state index contributed by atoms with van der Waals surface area (Å²) in [5.41, 5.74) is 5.49. The molecule has 2 atom stereocenters. The van der Waals surface area contributed by atoms with Crippen molar-refractivity contribution in [3.8, 4) is 0 Å². The van der Waals surface area contributed by atoms with E-state index in [4.69, 9.17) is 0 Å². The number of hydrogen-bond donors (Lipinski definition) is 0. The molecule has 0 aliphatic heterocycles. The van der Waals surface area contributed by atoms with Crippen LogP contribution in [0.2, 0.25) is 0 Å². The monoisotopic (exact) mass is 346 g/mol.